The summed E-state index contributed by atoms with van der Waals surface area (Å²) in [7, 11) is 1.28. The van der Waals surface area contributed by atoms with Crippen LogP contribution in [0.15, 0.2) is 28.9 Å². The summed E-state index contributed by atoms with van der Waals surface area (Å²) in [5.41, 5.74) is 0.959. The van der Waals surface area contributed by atoms with Gasteiger partial charge in [0.25, 0.3) is 5.91 Å². The lowest BCUT2D eigenvalue weighted by atomic mass is 10.3. The Bertz CT molecular complexity index is 850. The molecule has 0 unspecified atom stereocenters. The van der Waals surface area contributed by atoms with Gasteiger partial charge in [0.05, 0.1) is 13.4 Å². The second-order valence-electron chi connectivity index (χ2n) is 4.51. The zero-order chi connectivity index (χ0) is 16.4. The van der Waals surface area contributed by atoms with E-state index in [1.165, 1.54) is 24.7 Å². The summed E-state index contributed by atoms with van der Waals surface area (Å²) in [4.78, 5) is 28.4. The molecule has 0 aliphatic carbocycles. The number of rotatable bonds is 4. The third-order valence-corrected chi connectivity index (χ3v) is 3.88. The Hall–Kier alpha value is -2.94. The van der Waals surface area contributed by atoms with E-state index < -0.39 is 11.9 Å². The highest BCUT2D eigenvalue weighted by atomic mass is 32.1. The van der Waals surface area contributed by atoms with Crippen molar-refractivity contribution in [2.75, 3.05) is 12.4 Å². The summed E-state index contributed by atoms with van der Waals surface area (Å²) in [6.45, 7) is 1.73. The number of amides is 1. The van der Waals surface area contributed by atoms with Crippen molar-refractivity contribution in [3.05, 3.63) is 40.7 Å². The molecule has 0 saturated heterocycles. The number of aromatic amines is 1. The van der Waals surface area contributed by atoms with E-state index in [-0.39, 0.29) is 11.4 Å². The summed E-state index contributed by atoms with van der Waals surface area (Å²) >= 11 is 1.19. The van der Waals surface area contributed by atoms with Crippen LogP contribution in [-0.4, -0.2) is 34.2 Å². The number of carbonyl (C=O) groups is 2. The lowest BCUT2D eigenvalue weighted by molar-refractivity contribution is 0.0594. The number of ether oxygens (including phenoxy) is 1. The van der Waals surface area contributed by atoms with Crippen molar-refractivity contribution in [3.63, 3.8) is 0 Å². The molecule has 0 atom stereocenters. The standard InChI is InChI=1S/C14H12N4O4S/c1-7-11(13(20)21-2)15-14(23-7)16-12(19)9-6-8(17-18-9)10-4-3-5-22-10/h3-6H,1-2H3,(H,17,18)(H,15,16,19). The Kier molecular flexibility index (Phi) is 3.94. The summed E-state index contributed by atoms with van der Waals surface area (Å²) in [6, 6.07) is 5.06. The van der Waals surface area contributed by atoms with E-state index in [1.54, 1.807) is 25.1 Å². The van der Waals surface area contributed by atoms with Gasteiger partial charge < -0.3 is 9.15 Å². The maximum absolute atomic E-state index is 12.2. The van der Waals surface area contributed by atoms with Crippen molar-refractivity contribution in [2.45, 2.75) is 6.92 Å². The quantitative estimate of drug-likeness (QED) is 0.710. The molecule has 0 spiro atoms. The number of H-pyrrole nitrogens is 1. The fourth-order valence-electron chi connectivity index (χ4n) is 1.89. The van der Waals surface area contributed by atoms with Crippen LogP contribution in [0.3, 0.4) is 0 Å². The number of thiazole rings is 1. The van der Waals surface area contributed by atoms with Gasteiger partial charge in [-0.3, -0.25) is 15.2 Å². The summed E-state index contributed by atoms with van der Waals surface area (Å²) < 4.78 is 9.85. The minimum absolute atomic E-state index is 0.184. The molecule has 0 bridgehead atoms. The first-order valence-corrected chi connectivity index (χ1v) is 7.36. The maximum Gasteiger partial charge on any atom is 0.357 e. The molecule has 0 aromatic carbocycles. The van der Waals surface area contributed by atoms with Crippen LogP contribution < -0.4 is 5.32 Å². The number of hydrogen-bond donors (Lipinski definition) is 2. The predicted molar refractivity (Wildman–Crippen MR) is 82.4 cm³/mol. The fraction of sp³-hybridized carbons (Fsp3) is 0.143. The number of aromatic nitrogens is 3. The molecule has 9 heteroatoms. The average molecular weight is 332 g/mol. The molecule has 3 aromatic rings. The van der Waals surface area contributed by atoms with Crippen LogP contribution in [0.1, 0.15) is 25.9 Å². The zero-order valence-corrected chi connectivity index (χ0v) is 13.1. The molecule has 8 nitrogen and oxygen atoms in total. The van der Waals surface area contributed by atoms with Crippen molar-refractivity contribution in [2.24, 2.45) is 0 Å². The molecule has 23 heavy (non-hydrogen) atoms. The van der Waals surface area contributed by atoms with E-state index in [4.69, 9.17) is 4.42 Å². The van der Waals surface area contributed by atoms with Crippen molar-refractivity contribution in [3.8, 4) is 11.5 Å². The van der Waals surface area contributed by atoms with Gasteiger partial charge in [0.1, 0.15) is 5.69 Å². The molecule has 1 amide bonds. The first-order chi connectivity index (χ1) is 11.1. The van der Waals surface area contributed by atoms with E-state index >= 15 is 0 Å². The van der Waals surface area contributed by atoms with Gasteiger partial charge >= 0.3 is 5.97 Å². The van der Waals surface area contributed by atoms with Crippen LogP contribution in [0.25, 0.3) is 11.5 Å². The number of esters is 1. The van der Waals surface area contributed by atoms with Crippen molar-refractivity contribution in [1.29, 1.82) is 0 Å². The van der Waals surface area contributed by atoms with E-state index in [9.17, 15) is 9.59 Å². The van der Waals surface area contributed by atoms with Crippen LogP contribution in [-0.2, 0) is 4.74 Å². The van der Waals surface area contributed by atoms with Crippen LogP contribution in [0.4, 0.5) is 5.13 Å². The molecule has 0 fully saturated rings. The van der Waals surface area contributed by atoms with Gasteiger partial charge in [-0.15, -0.1) is 11.3 Å². The second kappa shape index (κ2) is 6.05. The molecule has 3 heterocycles. The Morgan fingerprint density at radius 1 is 1.43 bits per heavy atom. The van der Waals surface area contributed by atoms with Crippen LogP contribution in [0.5, 0.6) is 0 Å². The fourth-order valence-corrected chi connectivity index (χ4v) is 2.69. The molecule has 0 aliphatic rings. The zero-order valence-electron chi connectivity index (χ0n) is 12.2. The SMILES string of the molecule is COC(=O)c1nc(NC(=O)c2cc(-c3ccco3)[nH]n2)sc1C. The number of carbonyl (C=O) groups excluding carboxylic acids is 2. The van der Waals surface area contributed by atoms with Gasteiger partial charge in [0.15, 0.2) is 22.3 Å². The summed E-state index contributed by atoms with van der Waals surface area (Å²) in [5, 5.41) is 9.57. The first-order valence-electron chi connectivity index (χ1n) is 6.55. The third-order valence-electron chi connectivity index (χ3n) is 2.99. The van der Waals surface area contributed by atoms with Gasteiger partial charge in [-0.05, 0) is 19.1 Å². The maximum atomic E-state index is 12.2. The summed E-state index contributed by atoms with van der Waals surface area (Å²) in [6.07, 6.45) is 1.53. The largest absolute Gasteiger partial charge is 0.464 e. The van der Waals surface area contributed by atoms with Gasteiger partial charge in [-0.2, -0.15) is 5.10 Å². The third kappa shape index (κ3) is 2.99. The number of nitrogens with zero attached hydrogens (tertiary/aromatic N) is 2. The minimum Gasteiger partial charge on any atom is -0.464 e. The highest BCUT2D eigenvalue weighted by molar-refractivity contribution is 7.16. The number of nitrogens with one attached hydrogen (secondary N) is 2. The molecule has 3 rings (SSSR count). The molecule has 0 aliphatic heterocycles. The van der Waals surface area contributed by atoms with E-state index in [1.807, 2.05) is 0 Å². The van der Waals surface area contributed by atoms with E-state index in [2.05, 4.69) is 25.2 Å². The molecule has 2 N–H and O–H groups in total. The predicted octanol–water partition coefficient (Wildman–Crippen LogP) is 2.47. The second-order valence-corrected chi connectivity index (χ2v) is 5.72. The molecular weight excluding hydrogens is 320 g/mol. The Balaban J connectivity index is 1.76. The highest BCUT2D eigenvalue weighted by Gasteiger charge is 2.19. The van der Waals surface area contributed by atoms with Crippen molar-refractivity contribution >= 4 is 28.3 Å². The number of methoxy groups -OCH3 is 1. The van der Waals surface area contributed by atoms with E-state index in [0.29, 0.717) is 21.5 Å². The van der Waals surface area contributed by atoms with Crippen molar-refractivity contribution < 1.29 is 18.7 Å². The topological polar surface area (TPSA) is 110 Å². The number of anilines is 1. The van der Waals surface area contributed by atoms with Crippen LogP contribution in [0, 0.1) is 6.92 Å². The number of aryl methyl sites for hydroxylation is 1. The molecule has 118 valence electrons. The lowest BCUT2D eigenvalue weighted by Crippen LogP contribution is -2.12. The van der Waals surface area contributed by atoms with Gasteiger partial charge in [0, 0.05) is 10.9 Å². The molecule has 3 aromatic heterocycles. The highest BCUT2D eigenvalue weighted by Crippen LogP contribution is 2.23. The van der Waals surface area contributed by atoms with Crippen LogP contribution >= 0.6 is 11.3 Å². The van der Waals surface area contributed by atoms with E-state index in [0.717, 1.165) is 0 Å². The summed E-state index contributed by atoms with van der Waals surface area (Å²) in [5.74, 6) is -0.405. The minimum atomic E-state index is -0.542. The van der Waals surface area contributed by atoms with Gasteiger partial charge in [-0.1, -0.05) is 0 Å². The average Bonchev–Trinajstić information content (AvgIpc) is 3.26. The Morgan fingerprint density at radius 2 is 2.26 bits per heavy atom. The number of furan rings is 1. The molecule has 0 radical (unpaired) electrons. The first kappa shape index (κ1) is 15.0. The Morgan fingerprint density at radius 3 is 2.96 bits per heavy atom. The van der Waals surface area contributed by atoms with Crippen LogP contribution in [0.2, 0.25) is 0 Å². The van der Waals surface area contributed by atoms with Gasteiger partial charge in [-0.25, -0.2) is 9.78 Å². The number of hydrogen-bond acceptors (Lipinski definition) is 7. The molecule has 0 saturated carbocycles. The monoisotopic (exact) mass is 332 g/mol. The lowest BCUT2D eigenvalue weighted by Gasteiger charge is -1.97. The normalized spacial score (nSPS) is 10.5. The Labute approximate surface area is 134 Å². The van der Waals surface area contributed by atoms with Gasteiger partial charge in [0.2, 0.25) is 0 Å². The van der Waals surface area contributed by atoms with Crippen molar-refractivity contribution in [1.82, 2.24) is 15.2 Å². The molecular formula is C14H12N4O4S. The smallest absolute Gasteiger partial charge is 0.357 e.